The van der Waals surface area contributed by atoms with Crippen LogP contribution in [-0.2, 0) is 0 Å². The van der Waals surface area contributed by atoms with Crippen LogP contribution in [0.4, 0.5) is 5.69 Å². The van der Waals surface area contributed by atoms with Crippen LogP contribution in [0.25, 0.3) is 17.0 Å². The van der Waals surface area contributed by atoms with Crippen molar-refractivity contribution in [3.63, 3.8) is 0 Å². The van der Waals surface area contributed by atoms with Gasteiger partial charge < -0.3 is 4.74 Å². The van der Waals surface area contributed by atoms with Crippen molar-refractivity contribution in [1.82, 2.24) is 0 Å². The average molecular weight is 235 g/mol. The van der Waals surface area contributed by atoms with Crippen molar-refractivity contribution in [3.8, 4) is 5.75 Å². The number of rotatable bonds is 3. The van der Waals surface area contributed by atoms with Crippen LogP contribution >= 0.6 is 0 Å². The fraction of sp³-hybridized carbons (Fsp3) is 0.0625. The van der Waals surface area contributed by atoms with E-state index in [1.165, 1.54) is 0 Å². The highest BCUT2D eigenvalue weighted by atomic mass is 16.5. The highest BCUT2D eigenvalue weighted by molar-refractivity contribution is 5.78. The van der Waals surface area contributed by atoms with Crippen LogP contribution in [0.2, 0.25) is 0 Å². The van der Waals surface area contributed by atoms with Crippen LogP contribution in [0.1, 0.15) is 11.1 Å². The molecule has 18 heavy (non-hydrogen) atoms. The molecule has 0 aliphatic carbocycles. The van der Waals surface area contributed by atoms with Gasteiger partial charge in [-0.25, -0.2) is 4.85 Å². The normalized spacial score (nSPS) is 10.2. The van der Waals surface area contributed by atoms with Crippen LogP contribution < -0.4 is 4.74 Å². The predicted octanol–water partition coefficient (Wildman–Crippen LogP) is 4.42. The Labute approximate surface area is 107 Å². The smallest absolute Gasteiger partial charge is 0.194 e. The van der Waals surface area contributed by atoms with Crippen molar-refractivity contribution >= 4 is 17.8 Å². The summed E-state index contributed by atoms with van der Waals surface area (Å²) in [5.41, 5.74) is 2.57. The van der Waals surface area contributed by atoms with Crippen LogP contribution in [0.15, 0.2) is 48.5 Å². The van der Waals surface area contributed by atoms with Gasteiger partial charge >= 0.3 is 0 Å². The summed E-state index contributed by atoms with van der Waals surface area (Å²) in [6, 6.07) is 15.3. The third-order valence-corrected chi connectivity index (χ3v) is 2.64. The summed E-state index contributed by atoms with van der Waals surface area (Å²) >= 11 is 0. The highest BCUT2D eigenvalue weighted by Gasteiger charge is 1.99. The second kappa shape index (κ2) is 5.70. The number of nitrogens with zero attached hydrogens (tertiary/aromatic N) is 1. The fourth-order valence-corrected chi connectivity index (χ4v) is 1.71. The summed E-state index contributed by atoms with van der Waals surface area (Å²) in [6.07, 6.45) is 3.90. The minimum atomic E-state index is 0.656. The molecule has 2 heteroatoms. The van der Waals surface area contributed by atoms with Crippen molar-refractivity contribution in [1.29, 1.82) is 0 Å². The van der Waals surface area contributed by atoms with E-state index in [-0.39, 0.29) is 0 Å². The molecule has 0 amide bonds. The van der Waals surface area contributed by atoms with Gasteiger partial charge in [0.2, 0.25) is 0 Å². The summed E-state index contributed by atoms with van der Waals surface area (Å²) in [6.45, 7) is 7.11. The van der Waals surface area contributed by atoms with Crippen molar-refractivity contribution in [2.24, 2.45) is 0 Å². The number of para-hydroxylation sites is 2. The predicted molar refractivity (Wildman–Crippen MR) is 74.6 cm³/mol. The molecular weight excluding hydrogens is 222 g/mol. The molecular formula is C16H13NO. The van der Waals surface area contributed by atoms with E-state index >= 15 is 0 Å². The van der Waals surface area contributed by atoms with Crippen molar-refractivity contribution in [2.75, 3.05) is 7.11 Å². The van der Waals surface area contributed by atoms with Gasteiger partial charge in [-0.15, -0.1) is 0 Å². The Balaban J connectivity index is 2.34. The summed E-state index contributed by atoms with van der Waals surface area (Å²) < 4.78 is 5.28. The lowest BCUT2D eigenvalue weighted by molar-refractivity contribution is 0.414. The molecule has 0 aliphatic rings. The molecule has 0 spiro atoms. The monoisotopic (exact) mass is 235 g/mol. The van der Waals surface area contributed by atoms with Crippen LogP contribution in [0.3, 0.4) is 0 Å². The highest BCUT2D eigenvalue weighted by Crippen LogP contribution is 2.24. The lowest BCUT2D eigenvalue weighted by Crippen LogP contribution is -1.85. The molecule has 0 atom stereocenters. The number of ether oxygens (including phenoxy) is 1. The minimum absolute atomic E-state index is 0.656. The maximum absolute atomic E-state index is 7.11. The van der Waals surface area contributed by atoms with Crippen molar-refractivity contribution in [2.45, 2.75) is 0 Å². The van der Waals surface area contributed by atoms with Crippen LogP contribution in [-0.4, -0.2) is 7.11 Å². The number of hydrogen-bond donors (Lipinski definition) is 0. The van der Waals surface area contributed by atoms with Gasteiger partial charge in [0.05, 0.1) is 13.7 Å². The summed E-state index contributed by atoms with van der Waals surface area (Å²) in [7, 11) is 1.65. The Kier molecular flexibility index (Phi) is 3.78. The molecule has 0 unspecified atom stereocenters. The Morgan fingerprint density at radius 1 is 0.944 bits per heavy atom. The van der Waals surface area contributed by atoms with Gasteiger partial charge in [-0.3, -0.25) is 0 Å². The van der Waals surface area contributed by atoms with Crippen molar-refractivity contribution in [3.05, 3.63) is 71.1 Å². The third kappa shape index (κ3) is 2.58. The standard InChI is InChI=1S/C16H13NO/c1-17-15-9-5-3-7-13(15)11-12-14-8-4-6-10-16(14)18-2/h3-12H,2H3/b12-11+. The quantitative estimate of drug-likeness (QED) is 0.567. The Bertz CT molecular complexity index is 608. The van der Waals surface area contributed by atoms with Gasteiger partial charge in [0.25, 0.3) is 0 Å². The number of benzene rings is 2. The molecule has 2 rings (SSSR count). The average Bonchev–Trinajstić information content (AvgIpc) is 2.45. The third-order valence-electron chi connectivity index (χ3n) is 2.64. The van der Waals surface area contributed by atoms with Crippen LogP contribution in [0.5, 0.6) is 5.75 Å². The lowest BCUT2D eigenvalue weighted by atomic mass is 10.1. The first kappa shape index (κ1) is 11.9. The summed E-state index contributed by atoms with van der Waals surface area (Å²) in [4.78, 5) is 3.49. The SMILES string of the molecule is [C-]#[N+]c1ccccc1/C=C/c1ccccc1OC. The molecule has 0 aromatic heterocycles. The Morgan fingerprint density at radius 3 is 2.28 bits per heavy atom. The summed E-state index contributed by atoms with van der Waals surface area (Å²) in [5.74, 6) is 0.828. The molecule has 0 bridgehead atoms. The van der Waals surface area contributed by atoms with Crippen LogP contribution in [0, 0.1) is 6.57 Å². The molecule has 0 radical (unpaired) electrons. The first-order valence-electron chi connectivity index (χ1n) is 5.62. The molecule has 2 nitrogen and oxygen atoms in total. The zero-order valence-electron chi connectivity index (χ0n) is 10.1. The molecule has 88 valence electrons. The molecule has 0 aliphatic heterocycles. The van der Waals surface area contributed by atoms with E-state index in [1.807, 2.05) is 60.7 Å². The zero-order valence-corrected chi connectivity index (χ0v) is 10.1. The molecule has 0 saturated carbocycles. The van der Waals surface area contributed by atoms with Gasteiger partial charge in [0.15, 0.2) is 5.69 Å². The summed E-state index contributed by atoms with van der Waals surface area (Å²) in [5, 5.41) is 0. The van der Waals surface area contributed by atoms with E-state index in [9.17, 15) is 0 Å². The molecule has 0 fully saturated rings. The number of methoxy groups -OCH3 is 1. The van der Waals surface area contributed by atoms with Gasteiger partial charge in [-0.05, 0) is 11.6 Å². The second-order valence-electron chi connectivity index (χ2n) is 3.75. The van der Waals surface area contributed by atoms with Gasteiger partial charge in [0, 0.05) is 5.56 Å². The first-order chi connectivity index (χ1) is 8.85. The zero-order chi connectivity index (χ0) is 12.8. The maximum atomic E-state index is 7.11. The minimum Gasteiger partial charge on any atom is -0.496 e. The number of hydrogen-bond acceptors (Lipinski definition) is 1. The van der Waals surface area contributed by atoms with E-state index in [2.05, 4.69) is 4.85 Å². The van der Waals surface area contributed by atoms with Gasteiger partial charge in [0.1, 0.15) is 5.75 Å². The lowest BCUT2D eigenvalue weighted by Gasteiger charge is -2.03. The van der Waals surface area contributed by atoms with E-state index in [1.54, 1.807) is 7.11 Å². The molecule has 0 heterocycles. The largest absolute Gasteiger partial charge is 0.496 e. The van der Waals surface area contributed by atoms with E-state index in [4.69, 9.17) is 11.3 Å². The molecule has 0 N–H and O–H groups in total. The molecule has 2 aromatic carbocycles. The van der Waals surface area contributed by atoms with E-state index in [0.29, 0.717) is 5.69 Å². The molecule has 0 saturated heterocycles. The maximum Gasteiger partial charge on any atom is 0.194 e. The van der Waals surface area contributed by atoms with E-state index in [0.717, 1.165) is 16.9 Å². The Morgan fingerprint density at radius 2 is 1.56 bits per heavy atom. The van der Waals surface area contributed by atoms with Gasteiger partial charge in [-0.2, -0.15) is 0 Å². The molecule has 2 aromatic rings. The fourth-order valence-electron chi connectivity index (χ4n) is 1.71. The first-order valence-corrected chi connectivity index (χ1v) is 5.62. The topological polar surface area (TPSA) is 13.6 Å². The van der Waals surface area contributed by atoms with E-state index < -0.39 is 0 Å². The van der Waals surface area contributed by atoms with Crippen molar-refractivity contribution < 1.29 is 4.74 Å². The van der Waals surface area contributed by atoms with Gasteiger partial charge in [-0.1, -0.05) is 54.6 Å². The Hall–Kier alpha value is -2.53. The second-order valence-corrected chi connectivity index (χ2v) is 3.75.